The first kappa shape index (κ1) is 9.38. The zero-order valence-corrected chi connectivity index (χ0v) is 8.26. The lowest BCUT2D eigenvalue weighted by Gasteiger charge is -1.98. The van der Waals surface area contributed by atoms with Crippen molar-refractivity contribution < 1.29 is 4.74 Å². The van der Waals surface area contributed by atoms with E-state index in [1.807, 2.05) is 0 Å². The molecule has 7 nitrogen and oxygen atoms in total. The molecule has 0 saturated carbocycles. The van der Waals surface area contributed by atoms with Crippen LogP contribution in [0.1, 0.15) is 0 Å². The maximum atomic E-state index is 11.1. The van der Waals surface area contributed by atoms with Gasteiger partial charge in [0.15, 0.2) is 0 Å². The van der Waals surface area contributed by atoms with Gasteiger partial charge in [-0.05, 0) is 0 Å². The van der Waals surface area contributed by atoms with E-state index in [9.17, 15) is 4.79 Å². The van der Waals surface area contributed by atoms with E-state index in [0.29, 0.717) is 11.4 Å². The fourth-order valence-corrected chi connectivity index (χ4v) is 1.14. The molecule has 0 aliphatic heterocycles. The summed E-state index contributed by atoms with van der Waals surface area (Å²) in [5, 5.41) is 3.97. The molecule has 2 aromatic rings. The number of methoxy groups -OCH3 is 1. The fraction of sp³-hybridized carbons (Fsp3) is 0.250. The predicted molar refractivity (Wildman–Crippen MR) is 51.4 cm³/mol. The van der Waals surface area contributed by atoms with Crippen LogP contribution < -0.4 is 10.4 Å². The van der Waals surface area contributed by atoms with Crippen LogP contribution in [0.15, 0.2) is 17.2 Å². The molecule has 78 valence electrons. The number of aromatic amines is 1. The Morgan fingerprint density at radius 3 is 2.87 bits per heavy atom. The highest BCUT2D eigenvalue weighted by Gasteiger charge is 2.06. The van der Waals surface area contributed by atoms with Crippen LogP contribution in [-0.2, 0) is 7.05 Å². The average Bonchev–Trinajstić information content (AvgIpc) is 2.64. The minimum Gasteiger partial charge on any atom is -0.467 e. The Labute approximate surface area is 84.8 Å². The third kappa shape index (κ3) is 1.85. The van der Waals surface area contributed by atoms with Crippen LogP contribution in [0.4, 0.5) is 0 Å². The van der Waals surface area contributed by atoms with Gasteiger partial charge in [0, 0.05) is 13.2 Å². The lowest BCUT2D eigenvalue weighted by Crippen LogP contribution is -2.14. The largest absolute Gasteiger partial charge is 0.467 e. The molecule has 0 amide bonds. The molecule has 0 aromatic carbocycles. The summed E-state index contributed by atoms with van der Waals surface area (Å²) in [5.41, 5.74) is 0.205. The summed E-state index contributed by atoms with van der Waals surface area (Å²) in [6, 6.07) is 0.0394. The molecule has 0 radical (unpaired) electrons. The summed E-state index contributed by atoms with van der Waals surface area (Å²) in [6.45, 7) is 0. The number of hydrogen-bond donors (Lipinski definition) is 1. The van der Waals surface area contributed by atoms with E-state index in [1.165, 1.54) is 7.11 Å². The van der Waals surface area contributed by atoms with Gasteiger partial charge in [-0.1, -0.05) is 0 Å². The molecule has 7 heteroatoms. The molecule has 0 aliphatic rings. The summed E-state index contributed by atoms with van der Waals surface area (Å²) < 4.78 is 6.41. The van der Waals surface area contributed by atoms with Gasteiger partial charge in [0.1, 0.15) is 5.82 Å². The lowest BCUT2D eigenvalue weighted by atomic mass is 10.3. The summed E-state index contributed by atoms with van der Waals surface area (Å²) in [7, 11) is 3.18. The Bertz CT molecular complexity index is 530. The van der Waals surface area contributed by atoms with Crippen LogP contribution in [0.3, 0.4) is 0 Å². The Morgan fingerprint density at radius 2 is 2.27 bits per heavy atom. The Hall–Kier alpha value is -2.18. The minimum atomic E-state index is -0.499. The van der Waals surface area contributed by atoms with Crippen LogP contribution in [-0.4, -0.2) is 31.8 Å². The first-order chi connectivity index (χ1) is 7.19. The van der Waals surface area contributed by atoms with Gasteiger partial charge in [-0.25, -0.2) is 4.79 Å². The number of rotatable bonds is 2. The number of hydrogen-bond acceptors (Lipinski definition) is 5. The molecule has 1 N–H and O–H groups in total. The van der Waals surface area contributed by atoms with Crippen molar-refractivity contribution in [2.24, 2.45) is 7.05 Å². The summed E-state index contributed by atoms with van der Waals surface area (Å²) >= 11 is 0. The van der Waals surface area contributed by atoms with Gasteiger partial charge in [0.2, 0.25) is 0 Å². The monoisotopic (exact) mass is 207 g/mol. The van der Waals surface area contributed by atoms with E-state index in [4.69, 9.17) is 4.74 Å². The van der Waals surface area contributed by atoms with Gasteiger partial charge >= 0.3 is 11.7 Å². The Balaban J connectivity index is 2.53. The predicted octanol–water partition coefficient (Wildman–Crippen LogP) is -0.426. The van der Waals surface area contributed by atoms with E-state index in [0.717, 1.165) is 0 Å². The quantitative estimate of drug-likeness (QED) is 0.722. The molecule has 2 heterocycles. The van der Waals surface area contributed by atoms with Gasteiger partial charge in [-0.2, -0.15) is 10.1 Å². The van der Waals surface area contributed by atoms with E-state index < -0.39 is 5.69 Å². The van der Waals surface area contributed by atoms with Crippen molar-refractivity contribution >= 4 is 0 Å². The van der Waals surface area contributed by atoms with Crippen molar-refractivity contribution in [3.05, 3.63) is 22.9 Å². The highest BCUT2D eigenvalue weighted by Crippen LogP contribution is 2.12. The van der Waals surface area contributed by atoms with Crippen LogP contribution in [0.2, 0.25) is 0 Å². The highest BCUT2D eigenvalue weighted by atomic mass is 16.5. The molecule has 0 spiro atoms. The van der Waals surface area contributed by atoms with Crippen molar-refractivity contribution in [2.75, 3.05) is 7.11 Å². The normalized spacial score (nSPS) is 10.3. The molecule has 0 aliphatic carbocycles. The van der Waals surface area contributed by atoms with Crippen molar-refractivity contribution in [2.45, 2.75) is 0 Å². The molecular weight excluding hydrogens is 198 g/mol. The maximum Gasteiger partial charge on any atom is 0.351 e. The van der Waals surface area contributed by atoms with Gasteiger partial charge in [-0.3, -0.25) is 9.67 Å². The number of aryl methyl sites for hydroxylation is 1. The molecule has 0 saturated heterocycles. The highest BCUT2D eigenvalue weighted by molar-refractivity contribution is 5.51. The fourth-order valence-electron chi connectivity index (χ4n) is 1.14. The van der Waals surface area contributed by atoms with E-state index >= 15 is 0 Å². The topological polar surface area (TPSA) is 85.7 Å². The first-order valence-electron chi connectivity index (χ1n) is 4.20. The number of nitrogens with zero attached hydrogens (tertiary/aromatic N) is 4. The van der Waals surface area contributed by atoms with Gasteiger partial charge in [0.25, 0.3) is 0 Å². The number of H-pyrrole nitrogens is 1. The molecule has 2 aromatic heterocycles. The number of nitrogens with one attached hydrogen (secondary N) is 1. The van der Waals surface area contributed by atoms with Crippen molar-refractivity contribution in [3.8, 4) is 17.4 Å². The van der Waals surface area contributed by atoms with Crippen molar-refractivity contribution in [1.82, 2.24) is 24.7 Å². The SMILES string of the molecule is COc1nc(-c2cnn(C)c2)[nH]c(=O)n1. The lowest BCUT2D eigenvalue weighted by molar-refractivity contribution is 0.377. The second kappa shape index (κ2) is 3.52. The zero-order valence-electron chi connectivity index (χ0n) is 8.26. The van der Waals surface area contributed by atoms with Crippen LogP contribution in [0.5, 0.6) is 6.01 Å². The molecule has 15 heavy (non-hydrogen) atoms. The number of ether oxygens (including phenoxy) is 1. The molecule has 0 unspecified atom stereocenters. The smallest absolute Gasteiger partial charge is 0.351 e. The van der Waals surface area contributed by atoms with E-state index in [2.05, 4.69) is 20.1 Å². The van der Waals surface area contributed by atoms with Crippen LogP contribution >= 0.6 is 0 Å². The van der Waals surface area contributed by atoms with Crippen LogP contribution in [0, 0.1) is 0 Å². The van der Waals surface area contributed by atoms with Gasteiger partial charge in [0.05, 0.1) is 18.9 Å². The van der Waals surface area contributed by atoms with Gasteiger partial charge < -0.3 is 4.74 Å². The third-order valence-corrected chi connectivity index (χ3v) is 1.79. The molecular formula is C8H9N5O2. The minimum absolute atomic E-state index is 0.0394. The maximum absolute atomic E-state index is 11.1. The second-order valence-corrected chi connectivity index (χ2v) is 2.89. The second-order valence-electron chi connectivity index (χ2n) is 2.89. The first-order valence-corrected chi connectivity index (χ1v) is 4.20. The zero-order chi connectivity index (χ0) is 10.8. The standard InChI is InChI=1S/C8H9N5O2/c1-13-4-5(3-9-13)6-10-7(14)12-8(11-6)15-2/h3-4H,1-2H3,(H,10,11,12,14). The van der Waals surface area contributed by atoms with Gasteiger partial charge in [-0.15, -0.1) is 4.98 Å². The molecule has 0 bridgehead atoms. The van der Waals surface area contributed by atoms with Crippen molar-refractivity contribution in [3.63, 3.8) is 0 Å². The van der Waals surface area contributed by atoms with E-state index in [1.54, 1.807) is 24.1 Å². The average molecular weight is 207 g/mol. The van der Waals surface area contributed by atoms with Crippen molar-refractivity contribution in [1.29, 1.82) is 0 Å². The third-order valence-electron chi connectivity index (χ3n) is 1.79. The molecule has 2 rings (SSSR count). The summed E-state index contributed by atoms with van der Waals surface area (Å²) in [5.74, 6) is 0.389. The Kier molecular flexibility index (Phi) is 2.20. The summed E-state index contributed by atoms with van der Waals surface area (Å²) in [4.78, 5) is 21.1. The molecule has 0 fully saturated rings. The Morgan fingerprint density at radius 1 is 1.47 bits per heavy atom. The van der Waals surface area contributed by atoms with Crippen LogP contribution in [0.25, 0.3) is 11.4 Å². The molecule has 0 atom stereocenters. The number of aromatic nitrogens is 5. The van der Waals surface area contributed by atoms with E-state index in [-0.39, 0.29) is 6.01 Å². The summed E-state index contributed by atoms with van der Waals surface area (Å²) in [6.07, 6.45) is 3.33.